The van der Waals surface area contributed by atoms with Crippen LogP contribution in [0.15, 0.2) is 34.9 Å². The maximum atomic E-state index is 8.71. The second-order valence-electron chi connectivity index (χ2n) is 4.72. The highest BCUT2D eigenvalue weighted by molar-refractivity contribution is 7.09. The molecule has 1 aromatic carbocycles. The normalized spacial score (nSPS) is 12.1. The molecular weight excluding hydrogens is 272 g/mol. The van der Waals surface area contributed by atoms with Crippen LogP contribution >= 0.6 is 11.3 Å². The molecule has 0 amide bonds. The Balaban J connectivity index is 2.04. The van der Waals surface area contributed by atoms with Crippen molar-refractivity contribution < 1.29 is 5.21 Å². The highest BCUT2D eigenvalue weighted by atomic mass is 32.1. The van der Waals surface area contributed by atoms with Crippen molar-refractivity contribution in [3.05, 3.63) is 51.5 Å². The van der Waals surface area contributed by atoms with Crippen LogP contribution in [0.2, 0.25) is 0 Å². The predicted molar refractivity (Wildman–Crippen MR) is 81.0 cm³/mol. The third kappa shape index (κ3) is 3.55. The van der Waals surface area contributed by atoms with Gasteiger partial charge in [0.2, 0.25) is 0 Å². The molecule has 106 valence electrons. The van der Waals surface area contributed by atoms with Crippen LogP contribution in [-0.4, -0.2) is 28.0 Å². The van der Waals surface area contributed by atoms with Crippen LogP contribution in [0.25, 0.3) is 0 Å². The number of benzene rings is 1. The van der Waals surface area contributed by atoms with Gasteiger partial charge in [0.1, 0.15) is 0 Å². The van der Waals surface area contributed by atoms with Crippen molar-refractivity contribution in [3.63, 3.8) is 0 Å². The zero-order valence-corrected chi connectivity index (χ0v) is 12.4. The van der Waals surface area contributed by atoms with Crippen molar-refractivity contribution in [2.75, 3.05) is 7.05 Å². The molecule has 0 aliphatic heterocycles. The molecule has 0 spiro atoms. The van der Waals surface area contributed by atoms with Crippen molar-refractivity contribution in [2.24, 2.45) is 10.9 Å². The van der Waals surface area contributed by atoms with Gasteiger partial charge in [-0.1, -0.05) is 23.4 Å². The molecule has 3 N–H and O–H groups in total. The highest BCUT2D eigenvalue weighted by Gasteiger charge is 2.07. The molecule has 1 heterocycles. The summed E-state index contributed by atoms with van der Waals surface area (Å²) in [5.74, 6) is 0.132. The summed E-state index contributed by atoms with van der Waals surface area (Å²) in [7, 11) is 2.06. The molecule has 1 aromatic heterocycles. The maximum Gasteiger partial charge on any atom is 0.170 e. The molecule has 0 radical (unpaired) electrons. The Hall–Kier alpha value is -1.92. The Morgan fingerprint density at radius 1 is 1.45 bits per heavy atom. The first-order valence-corrected chi connectivity index (χ1v) is 7.12. The first kappa shape index (κ1) is 14.5. The van der Waals surface area contributed by atoms with E-state index < -0.39 is 0 Å². The molecule has 0 atom stereocenters. The van der Waals surface area contributed by atoms with Gasteiger partial charge in [0.15, 0.2) is 5.84 Å². The van der Waals surface area contributed by atoms with E-state index in [9.17, 15) is 0 Å². The highest BCUT2D eigenvalue weighted by Crippen LogP contribution is 2.16. The molecule has 6 heteroatoms. The predicted octanol–water partition coefficient (Wildman–Crippen LogP) is 2.18. The molecular formula is C14H18N4OS. The molecule has 0 bridgehead atoms. The number of hydrogen-bond donors (Lipinski definition) is 2. The molecule has 5 nitrogen and oxygen atoms in total. The summed E-state index contributed by atoms with van der Waals surface area (Å²) in [6, 6.07) is 7.70. The molecule has 0 aliphatic rings. The van der Waals surface area contributed by atoms with Crippen LogP contribution in [0.4, 0.5) is 0 Å². The molecule has 0 saturated carbocycles. The second kappa shape index (κ2) is 6.49. The lowest BCUT2D eigenvalue weighted by Crippen LogP contribution is -2.18. The summed E-state index contributed by atoms with van der Waals surface area (Å²) in [4.78, 5) is 7.75. The average molecular weight is 290 g/mol. The van der Waals surface area contributed by atoms with Crippen LogP contribution in [0, 0.1) is 6.92 Å². The van der Waals surface area contributed by atoms with Crippen molar-refractivity contribution in [3.8, 4) is 0 Å². The third-order valence-corrected chi connectivity index (χ3v) is 3.96. The quantitative estimate of drug-likeness (QED) is 0.383. The lowest BCUT2D eigenvalue weighted by molar-refractivity contribution is 0.318. The SMILES string of the molecule is Cc1ncsc1CN(C)Cc1cccc(C(N)=NO)c1. The molecule has 2 aromatic rings. The van der Waals surface area contributed by atoms with Crippen molar-refractivity contribution >= 4 is 17.2 Å². The van der Waals surface area contributed by atoms with E-state index in [1.54, 1.807) is 11.3 Å². The standard InChI is InChI=1S/C14H18N4OS/c1-10-13(20-9-16-10)8-18(2)7-11-4-3-5-12(6-11)14(15)17-19/h3-6,9,19H,7-8H2,1-2H3,(H2,15,17). The molecule has 0 aliphatic carbocycles. The smallest absolute Gasteiger partial charge is 0.170 e. The first-order valence-electron chi connectivity index (χ1n) is 6.24. The Kier molecular flexibility index (Phi) is 4.70. The van der Waals surface area contributed by atoms with E-state index in [4.69, 9.17) is 10.9 Å². The fourth-order valence-electron chi connectivity index (χ4n) is 1.98. The van der Waals surface area contributed by atoms with Gasteiger partial charge in [-0.15, -0.1) is 11.3 Å². The van der Waals surface area contributed by atoms with Gasteiger partial charge in [-0.3, -0.25) is 4.90 Å². The summed E-state index contributed by atoms with van der Waals surface area (Å²) in [6.45, 7) is 3.69. The minimum atomic E-state index is 0.132. The lowest BCUT2D eigenvalue weighted by atomic mass is 10.1. The number of thiazole rings is 1. The summed E-state index contributed by atoms with van der Waals surface area (Å²) in [6.07, 6.45) is 0. The number of aryl methyl sites for hydroxylation is 1. The fourth-order valence-corrected chi connectivity index (χ4v) is 2.83. The van der Waals surface area contributed by atoms with Crippen molar-refractivity contribution in [1.82, 2.24) is 9.88 Å². The van der Waals surface area contributed by atoms with Crippen LogP contribution in [-0.2, 0) is 13.1 Å². The third-order valence-electron chi connectivity index (χ3n) is 3.04. The van der Waals surface area contributed by atoms with Gasteiger partial charge < -0.3 is 10.9 Å². The molecule has 2 rings (SSSR count). The van der Waals surface area contributed by atoms with Gasteiger partial charge in [-0.25, -0.2) is 4.98 Å². The van der Waals surface area contributed by atoms with Gasteiger partial charge in [0.05, 0.1) is 11.2 Å². The van der Waals surface area contributed by atoms with Gasteiger partial charge in [-0.05, 0) is 25.6 Å². The van der Waals surface area contributed by atoms with Gasteiger partial charge in [0, 0.05) is 23.5 Å². The number of aromatic nitrogens is 1. The Morgan fingerprint density at radius 3 is 2.90 bits per heavy atom. The fraction of sp³-hybridized carbons (Fsp3) is 0.286. The maximum absolute atomic E-state index is 8.71. The van der Waals surface area contributed by atoms with Crippen LogP contribution in [0.5, 0.6) is 0 Å². The van der Waals surface area contributed by atoms with E-state index >= 15 is 0 Å². The summed E-state index contributed by atoms with van der Waals surface area (Å²) >= 11 is 1.68. The van der Waals surface area contributed by atoms with Crippen molar-refractivity contribution in [1.29, 1.82) is 0 Å². The van der Waals surface area contributed by atoms with Gasteiger partial charge >= 0.3 is 0 Å². The van der Waals surface area contributed by atoms with E-state index in [2.05, 4.69) is 22.1 Å². The second-order valence-corrected chi connectivity index (χ2v) is 5.66. The van der Waals surface area contributed by atoms with E-state index in [1.807, 2.05) is 36.7 Å². The summed E-state index contributed by atoms with van der Waals surface area (Å²) in [5, 5.41) is 11.7. The number of amidine groups is 1. The molecule has 0 unspecified atom stereocenters. The number of nitrogens with zero attached hydrogens (tertiary/aromatic N) is 3. The number of rotatable bonds is 5. The summed E-state index contributed by atoms with van der Waals surface area (Å²) < 4.78 is 0. The van der Waals surface area contributed by atoms with E-state index in [-0.39, 0.29) is 5.84 Å². The van der Waals surface area contributed by atoms with Crippen LogP contribution in [0.3, 0.4) is 0 Å². The van der Waals surface area contributed by atoms with Gasteiger partial charge in [0.25, 0.3) is 0 Å². The zero-order valence-electron chi connectivity index (χ0n) is 11.6. The zero-order chi connectivity index (χ0) is 14.5. The van der Waals surface area contributed by atoms with E-state index in [1.165, 1.54) is 4.88 Å². The monoisotopic (exact) mass is 290 g/mol. The Bertz CT molecular complexity index is 609. The molecule has 20 heavy (non-hydrogen) atoms. The van der Waals surface area contributed by atoms with Gasteiger partial charge in [-0.2, -0.15) is 0 Å². The number of nitrogens with two attached hydrogens (primary N) is 1. The lowest BCUT2D eigenvalue weighted by Gasteiger charge is -2.16. The van der Waals surface area contributed by atoms with Crippen molar-refractivity contribution in [2.45, 2.75) is 20.0 Å². The number of oxime groups is 1. The Morgan fingerprint density at radius 2 is 2.25 bits per heavy atom. The van der Waals surface area contributed by atoms with E-state index in [0.29, 0.717) is 0 Å². The van der Waals surface area contributed by atoms with Crippen LogP contribution < -0.4 is 5.73 Å². The van der Waals surface area contributed by atoms with Crippen LogP contribution in [0.1, 0.15) is 21.7 Å². The minimum absolute atomic E-state index is 0.132. The number of hydrogen-bond acceptors (Lipinski definition) is 5. The topological polar surface area (TPSA) is 74.7 Å². The largest absolute Gasteiger partial charge is 0.409 e. The molecule has 0 fully saturated rings. The summed E-state index contributed by atoms with van der Waals surface area (Å²) in [5.41, 5.74) is 10.4. The Labute approximate surface area is 122 Å². The first-order chi connectivity index (χ1) is 9.60. The minimum Gasteiger partial charge on any atom is -0.409 e. The average Bonchev–Trinajstić information content (AvgIpc) is 2.83. The van der Waals surface area contributed by atoms with E-state index in [0.717, 1.165) is 29.9 Å². The molecule has 0 saturated heterocycles.